The van der Waals surface area contributed by atoms with E-state index in [9.17, 15) is 0 Å². The Kier molecular flexibility index (Phi) is 4.76. The summed E-state index contributed by atoms with van der Waals surface area (Å²) in [6.07, 6.45) is 1.19. The highest BCUT2D eigenvalue weighted by atomic mass is 35.5. The van der Waals surface area contributed by atoms with Crippen LogP contribution in [-0.4, -0.2) is 16.7 Å². The highest BCUT2D eigenvalue weighted by Crippen LogP contribution is 2.23. The molecule has 6 heteroatoms. The van der Waals surface area contributed by atoms with Crippen LogP contribution in [-0.2, 0) is 6.42 Å². The predicted molar refractivity (Wildman–Crippen MR) is 72.2 cm³/mol. The third-order valence-corrected chi connectivity index (χ3v) is 2.77. The largest absolute Gasteiger partial charge is 0.481 e. The molecule has 0 aliphatic rings. The lowest BCUT2D eigenvalue weighted by Crippen LogP contribution is -2.03. The van der Waals surface area contributed by atoms with Crippen molar-refractivity contribution in [3.63, 3.8) is 0 Å². The van der Waals surface area contributed by atoms with Crippen LogP contribution in [0.15, 0.2) is 28.7 Å². The van der Waals surface area contributed by atoms with Gasteiger partial charge in [-0.25, -0.2) is 0 Å². The van der Waals surface area contributed by atoms with Gasteiger partial charge in [-0.3, -0.25) is 0 Å². The molecule has 0 spiro atoms. The van der Waals surface area contributed by atoms with Crippen LogP contribution in [0.3, 0.4) is 0 Å². The Morgan fingerprint density at radius 2 is 2.26 bits per heavy atom. The molecule has 1 aromatic carbocycles. The second-order valence-electron chi connectivity index (χ2n) is 4.14. The highest BCUT2D eigenvalue weighted by molar-refractivity contribution is 6.30. The molecule has 0 aliphatic heterocycles. The number of aryl methyl sites for hydroxylation is 1. The lowest BCUT2D eigenvalue weighted by molar-refractivity contribution is 0.186. The zero-order valence-corrected chi connectivity index (χ0v) is 11.4. The van der Waals surface area contributed by atoms with Crippen LogP contribution >= 0.6 is 11.6 Å². The molecule has 102 valence electrons. The van der Waals surface area contributed by atoms with Gasteiger partial charge in [0.25, 0.3) is 5.89 Å². The van der Waals surface area contributed by atoms with E-state index in [2.05, 4.69) is 10.2 Å². The molecule has 19 heavy (non-hydrogen) atoms. The molecule has 1 atom stereocenters. The molecular formula is C13H16ClN3O2. The van der Waals surface area contributed by atoms with E-state index in [1.807, 2.05) is 19.1 Å². The minimum Gasteiger partial charge on any atom is -0.481 e. The van der Waals surface area contributed by atoms with Gasteiger partial charge in [-0.1, -0.05) is 17.7 Å². The average molecular weight is 282 g/mol. The molecule has 0 saturated heterocycles. The van der Waals surface area contributed by atoms with E-state index in [1.165, 1.54) is 0 Å². The van der Waals surface area contributed by atoms with E-state index >= 15 is 0 Å². The zero-order chi connectivity index (χ0) is 13.7. The van der Waals surface area contributed by atoms with Crippen molar-refractivity contribution in [2.45, 2.75) is 25.9 Å². The second-order valence-corrected chi connectivity index (χ2v) is 4.58. The summed E-state index contributed by atoms with van der Waals surface area (Å²) in [5.41, 5.74) is 5.43. The van der Waals surface area contributed by atoms with E-state index < -0.39 is 0 Å². The standard InChI is InChI=1S/C13H16ClN3O2/c1-9(18-11-5-2-4-10(14)8-11)13-17-16-12(19-13)6-3-7-15/h2,4-5,8-9H,3,6-7,15H2,1H3. The first-order chi connectivity index (χ1) is 9.19. The molecular weight excluding hydrogens is 266 g/mol. The summed E-state index contributed by atoms with van der Waals surface area (Å²) in [7, 11) is 0. The summed E-state index contributed by atoms with van der Waals surface area (Å²) >= 11 is 5.89. The molecule has 5 nitrogen and oxygen atoms in total. The van der Waals surface area contributed by atoms with Crippen molar-refractivity contribution in [2.24, 2.45) is 5.73 Å². The summed E-state index contributed by atoms with van der Waals surface area (Å²) < 4.78 is 11.2. The van der Waals surface area contributed by atoms with Gasteiger partial charge in [-0.05, 0) is 38.1 Å². The number of hydrogen-bond acceptors (Lipinski definition) is 5. The Hall–Kier alpha value is -1.59. The maximum atomic E-state index is 5.89. The Labute approximate surface area is 116 Å². The second kappa shape index (κ2) is 6.54. The van der Waals surface area contributed by atoms with Crippen LogP contribution in [0.4, 0.5) is 0 Å². The molecule has 0 radical (unpaired) electrons. The van der Waals surface area contributed by atoms with E-state index in [0.29, 0.717) is 35.5 Å². The van der Waals surface area contributed by atoms with Gasteiger partial charge in [0.15, 0.2) is 6.10 Å². The highest BCUT2D eigenvalue weighted by Gasteiger charge is 2.15. The van der Waals surface area contributed by atoms with Crippen LogP contribution in [0.25, 0.3) is 0 Å². The number of rotatable bonds is 6. The molecule has 0 saturated carbocycles. The van der Waals surface area contributed by atoms with Gasteiger partial charge in [0.1, 0.15) is 5.75 Å². The first-order valence-electron chi connectivity index (χ1n) is 6.13. The van der Waals surface area contributed by atoms with Crippen molar-refractivity contribution in [1.82, 2.24) is 10.2 Å². The monoisotopic (exact) mass is 281 g/mol. The summed E-state index contributed by atoms with van der Waals surface area (Å²) in [4.78, 5) is 0. The fourth-order valence-electron chi connectivity index (χ4n) is 1.58. The van der Waals surface area contributed by atoms with Gasteiger partial charge in [-0.2, -0.15) is 0 Å². The molecule has 2 aromatic rings. The fraction of sp³-hybridized carbons (Fsp3) is 0.385. The van der Waals surface area contributed by atoms with Gasteiger partial charge < -0.3 is 14.9 Å². The lowest BCUT2D eigenvalue weighted by atomic mass is 10.3. The van der Waals surface area contributed by atoms with Gasteiger partial charge in [-0.15, -0.1) is 10.2 Å². The van der Waals surface area contributed by atoms with Crippen molar-refractivity contribution in [1.29, 1.82) is 0 Å². The smallest absolute Gasteiger partial charge is 0.256 e. The van der Waals surface area contributed by atoms with Crippen molar-refractivity contribution in [2.75, 3.05) is 6.54 Å². The van der Waals surface area contributed by atoms with E-state index in [-0.39, 0.29) is 6.10 Å². The van der Waals surface area contributed by atoms with Crippen molar-refractivity contribution in [3.8, 4) is 5.75 Å². The third-order valence-electron chi connectivity index (χ3n) is 2.53. The molecule has 2 rings (SSSR count). The number of halogens is 1. The molecule has 2 N–H and O–H groups in total. The van der Waals surface area contributed by atoms with Crippen LogP contribution in [0, 0.1) is 0 Å². The Balaban J connectivity index is 1.99. The Morgan fingerprint density at radius 3 is 3.00 bits per heavy atom. The number of nitrogens with zero attached hydrogens (tertiary/aromatic N) is 2. The number of ether oxygens (including phenoxy) is 1. The summed E-state index contributed by atoms with van der Waals surface area (Å²) in [6, 6.07) is 7.18. The molecule has 0 amide bonds. The molecule has 0 bridgehead atoms. The van der Waals surface area contributed by atoms with Gasteiger partial charge in [0.05, 0.1) is 0 Å². The number of hydrogen-bond donors (Lipinski definition) is 1. The quantitative estimate of drug-likeness (QED) is 0.881. The van der Waals surface area contributed by atoms with Crippen LogP contribution < -0.4 is 10.5 Å². The van der Waals surface area contributed by atoms with E-state index in [1.54, 1.807) is 12.1 Å². The molecule has 0 aliphatic carbocycles. The SMILES string of the molecule is CC(Oc1cccc(Cl)c1)c1nnc(CCCN)o1. The molecule has 1 aromatic heterocycles. The first kappa shape index (κ1) is 13.8. The topological polar surface area (TPSA) is 74.2 Å². The minimum atomic E-state index is -0.322. The molecule has 1 unspecified atom stereocenters. The maximum Gasteiger partial charge on any atom is 0.256 e. The average Bonchev–Trinajstić information content (AvgIpc) is 2.85. The van der Waals surface area contributed by atoms with Gasteiger partial charge >= 0.3 is 0 Å². The predicted octanol–water partition coefficient (Wildman–Crippen LogP) is 2.75. The van der Waals surface area contributed by atoms with Gasteiger partial charge in [0.2, 0.25) is 5.89 Å². The van der Waals surface area contributed by atoms with Crippen molar-refractivity contribution >= 4 is 11.6 Å². The third kappa shape index (κ3) is 3.94. The first-order valence-corrected chi connectivity index (χ1v) is 6.51. The van der Waals surface area contributed by atoms with E-state index in [0.717, 1.165) is 6.42 Å². The number of nitrogens with two attached hydrogens (primary N) is 1. The molecule has 0 fully saturated rings. The summed E-state index contributed by atoms with van der Waals surface area (Å²) in [5, 5.41) is 8.55. The lowest BCUT2D eigenvalue weighted by Gasteiger charge is -2.10. The molecule has 1 heterocycles. The Bertz CT molecular complexity index is 530. The van der Waals surface area contributed by atoms with Gasteiger partial charge in [0, 0.05) is 11.4 Å². The summed E-state index contributed by atoms with van der Waals surface area (Å²) in [6.45, 7) is 2.45. The van der Waals surface area contributed by atoms with Crippen LogP contribution in [0.2, 0.25) is 5.02 Å². The zero-order valence-electron chi connectivity index (χ0n) is 10.7. The van der Waals surface area contributed by atoms with Crippen LogP contribution in [0.5, 0.6) is 5.75 Å². The Morgan fingerprint density at radius 1 is 1.42 bits per heavy atom. The van der Waals surface area contributed by atoms with Crippen molar-refractivity contribution in [3.05, 3.63) is 41.1 Å². The van der Waals surface area contributed by atoms with Crippen LogP contribution in [0.1, 0.15) is 31.2 Å². The van der Waals surface area contributed by atoms with E-state index in [4.69, 9.17) is 26.5 Å². The number of benzene rings is 1. The van der Waals surface area contributed by atoms with Crippen molar-refractivity contribution < 1.29 is 9.15 Å². The summed E-state index contributed by atoms with van der Waals surface area (Å²) in [5.74, 6) is 1.70. The maximum absolute atomic E-state index is 5.89. The minimum absolute atomic E-state index is 0.322. The number of aromatic nitrogens is 2. The fourth-order valence-corrected chi connectivity index (χ4v) is 1.76. The normalized spacial score (nSPS) is 12.4.